The molecule has 0 bridgehead atoms. The predicted molar refractivity (Wildman–Crippen MR) is 57.9 cm³/mol. The van der Waals surface area contributed by atoms with Crippen molar-refractivity contribution in [3.8, 4) is 6.19 Å². The van der Waals surface area contributed by atoms with E-state index in [0.717, 1.165) is 11.0 Å². The fraction of sp³-hybridized carbons (Fsp3) is 0.111. The summed E-state index contributed by atoms with van der Waals surface area (Å²) in [5, 5.41) is 18.4. The summed E-state index contributed by atoms with van der Waals surface area (Å²) in [5.74, 6) is 0.0575. The summed E-state index contributed by atoms with van der Waals surface area (Å²) in [5.41, 5.74) is 7.07. The number of nitrogens with two attached hydrogens (primary N) is 1. The number of hydrogen-bond acceptors (Lipinski definition) is 4. The van der Waals surface area contributed by atoms with Gasteiger partial charge < -0.3 is 5.73 Å². The van der Waals surface area contributed by atoms with Crippen LogP contribution in [0, 0.1) is 11.5 Å². The molecule has 0 unspecified atom stereocenters. The van der Waals surface area contributed by atoms with Crippen LogP contribution in [0.5, 0.6) is 0 Å². The molecule has 0 amide bonds. The highest BCUT2D eigenvalue weighted by atomic mass is 15.4. The van der Waals surface area contributed by atoms with Crippen molar-refractivity contribution in [3.63, 3.8) is 0 Å². The van der Waals surface area contributed by atoms with Crippen LogP contribution in [0.3, 0.4) is 0 Å². The first-order valence-corrected chi connectivity index (χ1v) is 4.54. The van der Waals surface area contributed by atoms with E-state index in [1.165, 1.54) is 0 Å². The molecule has 1 heterocycles. The average molecular weight is 215 g/mol. The van der Waals surface area contributed by atoms with E-state index in [1.807, 2.05) is 24.3 Å². The van der Waals surface area contributed by atoms with Gasteiger partial charge in [-0.3, -0.25) is 5.32 Å². The van der Waals surface area contributed by atoms with Crippen LogP contribution in [0.15, 0.2) is 29.3 Å². The lowest BCUT2D eigenvalue weighted by Gasteiger charge is -1.98. The second-order valence-corrected chi connectivity index (χ2v) is 3.00. The molecule has 16 heavy (non-hydrogen) atoms. The third-order valence-corrected chi connectivity index (χ3v) is 1.98. The van der Waals surface area contributed by atoms with Crippen LogP contribution in [0.2, 0.25) is 0 Å². The molecule has 0 spiro atoms. The van der Waals surface area contributed by atoms with Gasteiger partial charge in [0.2, 0.25) is 5.96 Å². The minimum Gasteiger partial charge on any atom is -0.369 e. The van der Waals surface area contributed by atoms with E-state index in [4.69, 9.17) is 11.0 Å². The molecule has 0 radical (unpaired) electrons. The van der Waals surface area contributed by atoms with Crippen LogP contribution < -0.4 is 11.1 Å². The van der Waals surface area contributed by atoms with Crippen molar-refractivity contribution in [1.29, 1.82) is 5.26 Å². The Labute approximate surface area is 91.2 Å². The Balaban J connectivity index is 2.22. The van der Waals surface area contributed by atoms with Crippen LogP contribution in [0.4, 0.5) is 0 Å². The topological polar surface area (TPSA) is 105 Å². The van der Waals surface area contributed by atoms with Gasteiger partial charge >= 0.3 is 0 Å². The van der Waals surface area contributed by atoms with Gasteiger partial charge in [-0.15, -0.1) is 5.10 Å². The zero-order valence-corrected chi connectivity index (χ0v) is 8.33. The summed E-state index contributed by atoms with van der Waals surface area (Å²) in [4.78, 5) is 3.93. The van der Waals surface area contributed by atoms with Crippen LogP contribution in [0.25, 0.3) is 11.0 Å². The maximum absolute atomic E-state index is 8.31. The Morgan fingerprint density at radius 3 is 3.19 bits per heavy atom. The molecule has 7 nitrogen and oxygen atoms in total. The average Bonchev–Trinajstić information content (AvgIpc) is 2.70. The van der Waals surface area contributed by atoms with Gasteiger partial charge in [0.25, 0.3) is 0 Å². The predicted octanol–water partition coefficient (Wildman–Crippen LogP) is -0.226. The molecule has 0 fully saturated rings. The normalized spacial score (nSPS) is 11.3. The van der Waals surface area contributed by atoms with Crippen molar-refractivity contribution in [1.82, 2.24) is 20.3 Å². The summed E-state index contributed by atoms with van der Waals surface area (Å²) in [6, 6.07) is 7.53. The zero-order valence-electron chi connectivity index (χ0n) is 8.33. The number of aliphatic imine (C=N–C) groups is 1. The van der Waals surface area contributed by atoms with Crippen molar-refractivity contribution in [2.24, 2.45) is 10.7 Å². The van der Waals surface area contributed by atoms with Crippen LogP contribution in [-0.2, 0) is 6.67 Å². The van der Waals surface area contributed by atoms with E-state index < -0.39 is 0 Å². The lowest BCUT2D eigenvalue weighted by atomic mass is 10.3. The molecule has 0 atom stereocenters. The zero-order chi connectivity index (χ0) is 11.4. The third-order valence-electron chi connectivity index (χ3n) is 1.98. The van der Waals surface area contributed by atoms with Crippen molar-refractivity contribution in [2.45, 2.75) is 6.67 Å². The van der Waals surface area contributed by atoms with Gasteiger partial charge in [-0.25, -0.2) is 9.67 Å². The highest BCUT2D eigenvalue weighted by molar-refractivity contribution is 5.79. The van der Waals surface area contributed by atoms with Gasteiger partial charge in [-0.1, -0.05) is 17.3 Å². The van der Waals surface area contributed by atoms with Crippen LogP contribution >= 0.6 is 0 Å². The lowest BCUT2D eigenvalue weighted by Crippen LogP contribution is -2.27. The number of nitrogens with zero attached hydrogens (tertiary/aromatic N) is 5. The Morgan fingerprint density at radius 2 is 2.38 bits per heavy atom. The highest BCUT2D eigenvalue weighted by Crippen LogP contribution is 2.09. The van der Waals surface area contributed by atoms with Gasteiger partial charge in [0, 0.05) is 0 Å². The Kier molecular flexibility index (Phi) is 2.65. The summed E-state index contributed by atoms with van der Waals surface area (Å²) in [6.07, 6.45) is 1.68. The summed E-state index contributed by atoms with van der Waals surface area (Å²) >= 11 is 0. The standard InChI is InChI=1S/C9H9N7/c10-5-12-9(11)13-6-16-8-4-2-1-3-7(8)14-15-16/h1-4H,6H2,(H3,11,12,13). The minimum atomic E-state index is 0.0575. The number of hydrogen-bond donors (Lipinski definition) is 2. The number of rotatable bonds is 2. The quantitative estimate of drug-likeness (QED) is 0.311. The van der Waals surface area contributed by atoms with E-state index in [2.05, 4.69) is 20.6 Å². The number of nitriles is 1. The number of fused-ring (bicyclic) bond motifs is 1. The second kappa shape index (κ2) is 4.27. The van der Waals surface area contributed by atoms with Gasteiger partial charge in [-0.05, 0) is 12.1 Å². The Morgan fingerprint density at radius 1 is 1.56 bits per heavy atom. The molecule has 80 valence electrons. The number of nitrogens with one attached hydrogen (secondary N) is 1. The molecule has 0 aliphatic carbocycles. The van der Waals surface area contributed by atoms with Crippen molar-refractivity contribution in [2.75, 3.05) is 0 Å². The van der Waals surface area contributed by atoms with E-state index in [1.54, 1.807) is 10.9 Å². The summed E-state index contributed by atoms with van der Waals surface area (Å²) < 4.78 is 1.60. The molecule has 0 aliphatic heterocycles. The monoisotopic (exact) mass is 215 g/mol. The van der Waals surface area contributed by atoms with Crippen molar-refractivity contribution >= 4 is 17.0 Å². The largest absolute Gasteiger partial charge is 0.369 e. The van der Waals surface area contributed by atoms with Gasteiger partial charge in [0.1, 0.15) is 12.2 Å². The number of para-hydroxylation sites is 1. The number of guanidine groups is 1. The number of aromatic nitrogens is 3. The van der Waals surface area contributed by atoms with Crippen molar-refractivity contribution < 1.29 is 0 Å². The summed E-state index contributed by atoms with van der Waals surface area (Å²) in [7, 11) is 0. The Hall–Kier alpha value is -2.62. The molecule has 3 N–H and O–H groups in total. The SMILES string of the molecule is N#CN/C(N)=N/Cn1nnc2ccccc21. The van der Waals surface area contributed by atoms with E-state index >= 15 is 0 Å². The van der Waals surface area contributed by atoms with E-state index in [9.17, 15) is 0 Å². The third kappa shape index (κ3) is 1.90. The maximum atomic E-state index is 8.31. The van der Waals surface area contributed by atoms with Crippen molar-refractivity contribution in [3.05, 3.63) is 24.3 Å². The molecule has 2 rings (SSSR count). The molecule has 1 aromatic carbocycles. The lowest BCUT2D eigenvalue weighted by molar-refractivity contribution is 0.627. The molecule has 7 heteroatoms. The van der Waals surface area contributed by atoms with E-state index in [-0.39, 0.29) is 12.6 Å². The van der Waals surface area contributed by atoms with Crippen LogP contribution in [-0.4, -0.2) is 21.0 Å². The second-order valence-electron chi connectivity index (χ2n) is 3.00. The van der Waals surface area contributed by atoms with Gasteiger partial charge in [-0.2, -0.15) is 5.26 Å². The molecule has 1 aromatic heterocycles. The molecular weight excluding hydrogens is 206 g/mol. The minimum absolute atomic E-state index is 0.0575. The smallest absolute Gasteiger partial charge is 0.203 e. The first kappa shape index (κ1) is 9.92. The molecule has 0 saturated heterocycles. The highest BCUT2D eigenvalue weighted by Gasteiger charge is 2.01. The summed E-state index contributed by atoms with van der Waals surface area (Å²) in [6.45, 7) is 0.223. The van der Waals surface area contributed by atoms with Gasteiger partial charge in [0.05, 0.1) is 5.52 Å². The molecular formula is C9H9N7. The molecule has 0 aliphatic rings. The van der Waals surface area contributed by atoms with E-state index in [0.29, 0.717) is 0 Å². The van der Waals surface area contributed by atoms with Crippen LogP contribution in [0.1, 0.15) is 0 Å². The fourth-order valence-corrected chi connectivity index (χ4v) is 1.26. The maximum Gasteiger partial charge on any atom is 0.203 e. The first-order valence-electron chi connectivity index (χ1n) is 4.54. The fourth-order valence-electron chi connectivity index (χ4n) is 1.26. The molecule has 0 saturated carbocycles. The first-order chi connectivity index (χ1) is 7.81. The number of benzene rings is 1. The molecule has 2 aromatic rings. The Bertz CT molecular complexity index is 562. The van der Waals surface area contributed by atoms with Gasteiger partial charge in [0.15, 0.2) is 6.19 Å².